The SMILES string of the molecule is COc1ccc2nc(N3CCN(C)CC3)c(C=O)cc2c1. The maximum atomic E-state index is 11.4. The molecule has 5 heteroatoms. The molecule has 1 aromatic carbocycles. The number of hydrogen-bond acceptors (Lipinski definition) is 5. The van der Waals surface area contributed by atoms with Crippen molar-refractivity contribution in [1.82, 2.24) is 9.88 Å². The molecule has 110 valence electrons. The third kappa shape index (κ3) is 2.69. The number of ether oxygens (including phenoxy) is 1. The van der Waals surface area contributed by atoms with Gasteiger partial charge in [-0.25, -0.2) is 4.98 Å². The number of rotatable bonds is 3. The Morgan fingerprint density at radius 1 is 1.19 bits per heavy atom. The van der Waals surface area contributed by atoms with Crippen LogP contribution in [-0.2, 0) is 0 Å². The zero-order valence-corrected chi connectivity index (χ0v) is 12.4. The molecule has 0 bridgehead atoms. The molecule has 1 aliphatic heterocycles. The highest BCUT2D eigenvalue weighted by molar-refractivity contribution is 5.92. The molecule has 3 rings (SSSR count). The number of pyridine rings is 1. The Morgan fingerprint density at radius 2 is 1.95 bits per heavy atom. The maximum absolute atomic E-state index is 11.4. The first-order valence-corrected chi connectivity index (χ1v) is 7.09. The maximum Gasteiger partial charge on any atom is 0.153 e. The fourth-order valence-corrected chi connectivity index (χ4v) is 2.65. The van der Waals surface area contributed by atoms with Crippen LogP contribution in [-0.4, -0.2) is 56.5 Å². The Kier molecular flexibility index (Phi) is 3.75. The number of carbonyl (C=O) groups excluding carboxylic acids is 1. The summed E-state index contributed by atoms with van der Waals surface area (Å²) in [4.78, 5) is 20.6. The molecule has 0 radical (unpaired) electrons. The summed E-state index contributed by atoms with van der Waals surface area (Å²) in [6, 6.07) is 7.63. The molecule has 0 aliphatic carbocycles. The first-order valence-electron chi connectivity index (χ1n) is 7.09. The van der Waals surface area contributed by atoms with Crippen molar-refractivity contribution in [2.75, 3.05) is 45.2 Å². The van der Waals surface area contributed by atoms with Gasteiger partial charge < -0.3 is 14.5 Å². The number of aromatic nitrogens is 1. The lowest BCUT2D eigenvalue weighted by Gasteiger charge is -2.33. The van der Waals surface area contributed by atoms with E-state index in [0.717, 1.165) is 54.9 Å². The van der Waals surface area contributed by atoms with Crippen molar-refractivity contribution in [2.24, 2.45) is 0 Å². The van der Waals surface area contributed by atoms with Crippen molar-refractivity contribution in [3.8, 4) is 5.75 Å². The van der Waals surface area contributed by atoms with Crippen molar-refractivity contribution < 1.29 is 9.53 Å². The molecule has 1 aromatic heterocycles. The summed E-state index contributed by atoms with van der Waals surface area (Å²) in [7, 11) is 3.74. The lowest BCUT2D eigenvalue weighted by molar-refractivity contribution is 0.112. The third-order valence-corrected chi connectivity index (χ3v) is 3.96. The number of aldehydes is 1. The average Bonchev–Trinajstić information content (AvgIpc) is 2.53. The van der Waals surface area contributed by atoms with Gasteiger partial charge in [0.05, 0.1) is 18.2 Å². The summed E-state index contributed by atoms with van der Waals surface area (Å²) < 4.78 is 5.22. The van der Waals surface area contributed by atoms with Crippen LogP contribution in [0.3, 0.4) is 0 Å². The lowest BCUT2D eigenvalue weighted by atomic mass is 10.1. The Hall–Kier alpha value is -2.14. The molecule has 5 nitrogen and oxygen atoms in total. The number of hydrogen-bond donors (Lipinski definition) is 0. The average molecular weight is 285 g/mol. The second kappa shape index (κ2) is 5.69. The van der Waals surface area contributed by atoms with E-state index in [2.05, 4.69) is 16.8 Å². The van der Waals surface area contributed by atoms with Gasteiger partial charge in [-0.2, -0.15) is 0 Å². The van der Waals surface area contributed by atoms with Crippen LogP contribution < -0.4 is 9.64 Å². The van der Waals surface area contributed by atoms with Gasteiger partial charge >= 0.3 is 0 Å². The number of nitrogens with zero attached hydrogens (tertiary/aromatic N) is 3. The summed E-state index contributed by atoms with van der Waals surface area (Å²) in [6.45, 7) is 3.76. The number of benzene rings is 1. The quantitative estimate of drug-likeness (QED) is 0.805. The van der Waals surface area contributed by atoms with Gasteiger partial charge in [0, 0.05) is 31.6 Å². The van der Waals surface area contributed by atoms with E-state index in [1.807, 2.05) is 24.3 Å². The van der Waals surface area contributed by atoms with E-state index in [1.54, 1.807) is 7.11 Å². The number of methoxy groups -OCH3 is 1. The van der Waals surface area contributed by atoms with Crippen LogP contribution in [0.15, 0.2) is 24.3 Å². The van der Waals surface area contributed by atoms with E-state index in [4.69, 9.17) is 9.72 Å². The highest BCUT2D eigenvalue weighted by atomic mass is 16.5. The molecule has 0 atom stereocenters. The monoisotopic (exact) mass is 285 g/mol. The number of anilines is 1. The Labute approximate surface area is 124 Å². The predicted octanol–water partition coefficient (Wildman–Crippen LogP) is 1.81. The Balaban J connectivity index is 2.03. The van der Waals surface area contributed by atoms with Gasteiger partial charge in [0.15, 0.2) is 6.29 Å². The summed E-state index contributed by atoms with van der Waals surface area (Å²) in [5, 5.41) is 0.925. The minimum absolute atomic E-state index is 0.639. The van der Waals surface area contributed by atoms with Gasteiger partial charge in [-0.1, -0.05) is 0 Å². The van der Waals surface area contributed by atoms with E-state index < -0.39 is 0 Å². The van der Waals surface area contributed by atoms with Gasteiger partial charge in [0.1, 0.15) is 11.6 Å². The molecule has 0 spiro atoms. The zero-order chi connectivity index (χ0) is 14.8. The summed E-state index contributed by atoms with van der Waals surface area (Å²) in [6.07, 6.45) is 0.888. The normalized spacial score (nSPS) is 16.2. The summed E-state index contributed by atoms with van der Waals surface area (Å²) in [5.74, 6) is 1.56. The van der Waals surface area contributed by atoms with E-state index in [1.165, 1.54) is 0 Å². The highest BCUT2D eigenvalue weighted by Crippen LogP contribution is 2.26. The molecule has 2 heterocycles. The Bertz CT molecular complexity index is 664. The van der Waals surface area contributed by atoms with E-state index in [-0.39, 0.29) is 0 Å². The van der Waals surface area contributed by atoms with Gasteiger partial charge in [-0.05, 0) is 31.3 Å². The van der Waals surface area contributed by atoms with Gasteiger partial charge in [0.25, 0.3) is 0 Å². The number of piperazine rings is 1. The first kappa shape index (κ1) is 13.8. The minimum atomic E-state index is 0.639. The molecule has 2 aromatic rings. The second-order valence-electron chi connectivity index (χ2n) is 5.37. The first-order chi connectivity index (χ1) is 10.2. The molecule has 1 aliphatic rings. The standard InChI is InChI=1S/C16H19N3O2/c1-18-5-7-19(8-6-18)16-13(11-20)9-12-10-14(21-2)3-4-15(12)17-16/h3-4,9-11H,5-8H2,1-2H3. The van der Waals surface area contributed by atoms with Crippen LogP contribution >= 0.6 is 0 Å². The fraction of sp³-hybridized carbons (Fsp3) is 0.375. The van der Waals surface area contributed by atoms with Crippen molar-refractivity contribution in [3.05, 3.63) is 29.8 Å². The number of fused-ring (bicyclic) bond motifs is 1. The van der Waals surface area contributed by atoms with E-state index in [9.17, 15) is 4.79 Å². The van der Waals surface area contributed by atoms with Crippen LogP contribution in [0.2, 0.25) is 0 Å². The molecule has 0 unspecified atom stereocenters. The van der Waals surface area contributed by atoms with Gasteiger partial charge in [-0.15, -0.1) is 0 Å². The molecule has 1 fully saturated rings. The molecule has 1 saturated heterocycles. The van der Waals surface area contributed by atoms with Crippen LogP contribution in [0, 0.1) is 0 Å². The van der Waals surface area contributed by atoms with Crippen molar-refractivity contribution in [1.29, 1.82) is 0 Å². The van der Waals surface area contributed by atoms with Crippen molar-refractivity contribution in [3.63, 3.8) is 0 Å². The highest BCUT2D eigenvalue weighted by Gasteiger charge is 2.19. The number of carbonyl (C=O) groups is 1. The zero-order valence-electron chi connectivity index (χ0n) is 12.4. The third-order valence-electron chi connectivity index (χ3n) is 3.96. The summed E-state index contributed by atoms with van der Waals surface area (Å²) in [5.41, 5.74) is 1.52. The molecule has 0 saturated carbocycles. The predicted molar refractivity (Wildman–Crippen MR) is 83.4 cm³/mol. The largest absolute Gasteiger partial charge is 0.497 e. The minimum Gasteiger partial charge on any atom is -0.497 e. The molecule has 0 N–H and O–H groups in total. The van der Waals surface area contributed by atoms with Gasteiger partial charge in [-0.3, -0.25) is 4.79 Å². The second-order valence-corrected chi connectivity index (χ2v) is 5.37. The molecule has 21 heavy (non-hydrogen) atoms. The van der Waals surface area contributed by atoms with E-state index in [0.29, 0.717) is 5.56 Å². The molecule has 0 amide bonds. The van der Waals surface area contributed by atoms with Crippen molar-refractivity contribution >= 4 is 23.0 Å². The number of likely N-dealkylation sites (N-methyl/N-ethyl adjacent to an activating group) is 1. The lowest BCUT2D eigenvalue weighted by Crippen LogP contribution is -2.45. The van der Waals surface area contributed by atoms with Crippen LogP contribution in [0.25, 0.3) is 10.9 Å². The summed E-state index contributed by atoms with van der Waals surface area (Å²) >= 11 is 0. The van der Waals surface area contributed by atoms with Crippen LogP contribution in [0.4, 0.5) is 5.82 Å². The van der Waals surface area contributed by atoms with Crippen LogP contribution in [0.1, 0.15) is 10.4 Å². The van der Waals surface area contributed by atoms with Crippen molar-refractivity contribution in [2.45, 2.75) is 0 Å². The molecular weight excluding hydrogens is 266 g/mol. The Morgan fingerprint density at radius 3 is 2.62 bits per heavy atom. The fourth-order valence-electron chi connectivity index (χ4n) is 2.65. The van der Waals surface area contributed by atoms with E-state index >= 15 is 0 Å². The molecular formula is C16H19N3O2. The smallest absolute Gasteiger partial charge is 0.153 e. The topological polar surface area (TPSA) is 45.7 Å². The van der Waals surface area contributed by atoms with Crippen LogP contribution in [0.5, 0.6) is 5.75 Å². The van der Waals surface area contributed by atoms with Gasteiger partial charge in [0.2, 0.25) is 0 Å².